The maximum absolute atomic E-state index is 14.2. The van der Waals surface area contributed by atoms with Crippen LogP contribution in [0.2, 0.25) is 0 Å². The van der Waals surface area contributed by atoms with Crippen molar-refractivity contribution in [3.8, 4) is 0 Å². The average molecular weight is 369 g/mol. The number of rotatable bonds is 9. The zero-order valence-electron chi connectivity index (χ0n) is 14.5. The summed E-state index contributed by atoms with van der Waals surface area (Å²) < 4.78 is 28.4. The van der Waals surface area contributed by atoms with E-state index in [0.29, 0.717) is 5.56 Å². The van der Waals surface area contributed by atoms with Gasteiger partial charge >= 0.3 is 5.92 Å². The third kappa shape index (κ3) is 6.23. The van der Waals surface area contributed by atoms with Gasteiger partial charge < -0.3 is 16.0 Å². The number of ketones is 1. The molecule has 0 aromatic heterocycles. The van der Waals surface area contributed by atoms with Gasteiger partial charge in [-0.1, -0.05) is 30.3 Å². The number of amides is 3. The quantitative estimate of drug-likeness (QED) is 0.541. The number of carbonyl (C=O) groups is 4. The summed E-state index contributed by atoms with van der Waals surface area (Å²) >= 11 is 0. The van der Waals surface area contributed by atoms with Crippen molar-refractivity contribution < 1.29 is 28.0 Å². The highest BCUT2D eigenvalue weighted by molar-refractivity contribution is 6.11. The molecule has 1 aromatic carbocycles. The number of Topliss-reactive ketones (excluding diaryl/α,β-unsaturated/α-hetero) is 1. The molecule has 26 heavy (non-hydrogen) atoms. The Hall–Kier alpha value is -2.84. The number of carbonyl (C=O) groups excluding carboxylic acids is 4. The molecule has 1 rings (SSSR count). The largest absolute Gasteiger partial charge is 0.383 e. The van der Waals surface area contributed by atoms with Gasteiger partial charge in [0.2, 0.25) is 17.6 Å². The van der Waals surface area contributed by atoms with E-state index in [1.165, 1.54) is 0 Å². The van der Waals surface area contributed by atoms with Crippen molar-refractivity contribution in [2.24, 2.45) is 0 Å². The zero-order chi connectivity index (χ0) is 19.7. The second kappa shape index (κ2) is 9.59. The number of hydrogen-bond acceptors (Lipinski definition) is 4. The first kappa shape index (κ1) is 21.2. The SMILES string of the molecule is CCNC(=O)CNC(=O)C(F)(F)C(=O)C(Cc1ccccc1)NC(C)=O. The lowest BCUT2D eigenvalue weighted by atomic mass is 9.98. The van der Waals surface area contributed by atoms with E-state index in [9.17, 15) is 28.0 Å². The van der Waals surface area contributed by atoms with Crippen molar-refractivity contribution in [3.63, 3.8) is 0 Å². The number of halogens is 2. The lowest BCUT2D eigenvalue weighted by Gasteiger charge is -2.22. The van der Waals surface area contributed by atoms with E-state index < -0.39 is 42.0 Å². The van der Waals surface area contributed by atoms with Crippen LogP contribution in [-0.2, 0) is 25.6 Å². The molecule has 0 heterocycles. The molecule has 0 spiro atoms. The van der Waals surface area contributed by atoms with Crippen LogP contribution in [0.15, 0.2) is 30.3 Å². The first-order valence-corrected chi connectivity index (χ1v) is 7.96. The molecule has 142 valence electrons. The second-order valence-corrected chi connectivity index (χ2v) is 5.52. The zero-order valence-corrected chi connectivity index (χ0v) is 14.5. The molecule has 0 fully saturated rings. The van der Waals surface area contributed by atoms with Gasteiger partial charge in [0, 0.05) is 19.9 Å². The van der Waals surface area contributed by atoms with Crippen LogP contribution in [0.3, 0.4) is 0 Å². The van der Waals surface area contributed by atoms with E-state index in [2.05, 4.69) is 10.6 Å². The summed E-state index contributed by atoms with van der Waals surface area (Å²) in [6.45, 7) is 2.29. The Labute approximate surface area is 149 Å². The van der Waals surface area contributed by atoms with E-state index >= 15 is 0 Å². The van der Waals surface area contributed by atoms with Crippen LogP contribution < -0.4 is 16.0 Å². The highest BCUT2D eigenvalue weighted by atomic mass is 19.3. The Morgan fingerprint density at radius 2 is 1.69 bits per heavy atom. The van der Waals surface area contributed by atoms with Crippen molar-refractivity contribution in [1.82, 2.24) is 16.0 Å². The van der Waals surface area contributed by atoms with Crippen LogP contribution >= 0.6 is 0 Å². The van der Waals surface area contributed by atoms with Gasteiger partial charge in [0.25, 0.3) is 5.91 Å². The lowest BCUT2D eigenvalue weighted by molar-refractivity contribution is -0.160. The molecule has 0 aliphatic rings. The fourth-order valence-corrected chi connectivity index (χ4v) is 2.17. The first-order chi connectivity index (χ1) is 12.2. The smallest absolute Gasteiger partial charge is 0.355 e. The minimum atomic E-state index is -4.39. The molecule has 0 saturated carbocycles. The highest BCUT2D eigenvalue weighted by Crippen LogP contribution is 2.19. The van der Waals surface area contributed by atoms with Crippen molar-refractivity contribution >= 4 is 23.5 Å². The molecular formula is C17H21F2N3O4. The fourth-order valence-electron chi connectivity index (χ4n) is 2.17. The van der Waals surface area contributed by atoms with Crippen LogP contribution in [0.4, 0.5) is 8.78 Å². The summed E-state index contributed by atoms with van der Waals surface area (Å²) in [5.41, 5.74) is 0.540. The number of hydrogen-bond donors (Lipinski definition) is 3. The monoisotopic (exact) mass is 369 g/mol. The van der Waals surface area contributed by atoms with Gasteiger partial charge in [-0.05, 0) is 12.5 Å². The van der Waals surface area contributed by atoms with Crippen LogP contribution in [0.5, 0.6) is 0 Å². The molecule has 0 bridgehead atoms. The van der Waals surface area contributed by atoms with Gasteiger partial charge in [-0.15, -0.1) is 0 Å². The number of nitrogens with one attached hydrogen (secondary N) is 3. The summed E-state index contributed by atoms with van der Waals surface area (Å²) in [6.07, 6.45) is -0.196. The first-order valence-electron chi connectivity index (χ1n) is 7.96. The number of likely N-dealkylation sites (N-methyl/N-ethyl adjacent to an activating group) is 1. The Kier molecular flexibility index (Phi) is 7.82. The van der Waals surface area contributed by atoms with E-state index in [0.717, 1.165) is 6.92 Å². The molecule has 0 aliphatic carbocycles. The third-order valence-electron chi connectivity index (χ3n) is 3.35. The maximum Gasteiger partial charge on any atom is 0.383 e. The van der Waals surface area contributed by atoms with Gasteiger partial charge in [-0.25, -0.2) is 0 Å². The van der Waals surface area contributed by atoms with Gasteiger partial charge in [0.15, 0.2) is 0 Å². The molecule has 1 aromatic rings. The molecule has 1 atom stereocenters. The molecule has 3 N–H and O–H groups in total. The third-order valence-corrected chi connectivity index (χ3v) is 3.35. The summed E-state index contributed by atoms with van der Waals surface area (Å²) in [5.74, 6) is -9.37. The van der Waals surface area contributed by atoms with Crippen LogP contribution in [0.1, 0.15) is 19.4 Å². The maximum atomic E-state index is 14.2. The van der Waals surface area contributed by atoms with Crippen molar-refractivity contribution in [3.05, 3.63) is 35.9 Å². The Bertz CT molecular complexity index is 665. The van der Waals surface area contributed by atoms with Gasteiger partial charge in [-0.3, -0.25) is 19.2 Å². The van der Waals surface area contributed by atoms with E-state index in [4.69, 9.17) is 0 Å². The molecule has 9 heteroatoms. The molecular weight excluding hydrogens is 348 g/mol. The topological polar surface area (TPSA) is 104 Å². The minimum Gasteiger partial charge on any atom is -0.355 e. The van der Waals surface area contributed by atoms with Crippen LogP contribution in [-0.4, -0.2) is 48.6 Å². The molecule has 7 nitrogen and oxygen atoms in total. The molecule has 0 aliphatic heterocycles. The molecule has 3 amide bonds. The average Bonchev–Trinajstić information content (AvgIpc) is 2.59. The summed E-state index contributed by atoms with van der Waals surface area (Å²) in [7, 11) is 0. The van der Waals surface area contributed by atoms with E-state index in [-0.39, 0.29) is 13.0 Å². The van der Waals surface area contributed by atoms with Crippen molar-refractivity contribution in [2.45, 2.75) is 32.2 Å². The predicted molar refractivity (Wildman–Crippen MR) is 89.4 cm³/mol. The molecule has 0 saturated heterocycles. The second-order valence-electron chi connectivity index (χ2n) is 5.52. The fraction of sp³-hybridized carbons (Fsp3) is 0.412. The normalized spacial score (nSPS) is 12.0. The predicted octanol–water partition coefficient (Wildman–Crippen LogP) is 0.190. The van der Waals surface area contributed by atoms with Crippen LogP contribution in [0, 0.1) is 0 Å². The minimum absolute atomic E-state index is 0.196. The van der Waals surface area contributed by atoms with E-state index in [1.807, 2.05) is 0 Å². The summed E-state index contributed by atoms with van der Waals surface area (Å²) in [6, 6.07) is 6.65. The molecule has 0 radical (unpaired) electrons. The van der Waals surface area contributed by atoms with Crippen molar-refractivity contribution in [2.75, 3.05) is 13.1 Å². The summed E-state index contributed by atoms with van der Waals surface area (Å²) in [4.78, 5) is 46.4. The van der Waals surface area contributed by atoms with Crippen LogP contribution in [0.25, 0.3) is 0 Å². The Morgan fingerprint density at radius 3 is 2.23 bits per heavy atom. The van der Waals surface area contributed by atoms with E-state index in [1.54, 1.807) is 42.6 Å². The number of benzene rings is 1. The van der Waals surface area contributed by atoms with Gasteiger partial charge in [0.05, 0.1) is 12.6 Å². The lowest BCUT2D eigenvalue weighted by Crippen LogP contribution is -2.56. The number of alkyl halides is 2. The Balaban J connectivity index is 2.87. The molecule has 1 unspecified atom stereocenters. The highest BCUT2D eigenvalue weighted by Gasteiger charge is 2.50. The Morgan fingerprint density at radius 1 is 1.08 bits per heavy atom. The standard InChI is InChI=1S/C17H21F2N3O4/c1-3-20-14(24)10-21-16(26)17(18,19)15(25)13(22-11(2)23)9-12-7-5-4-6-8-12/h4-8,13H,3,9-10H2,1-2H3,(H,20,24)(H,21,26)(H,22,23). The van der Waals surface area contributed by atoms with Gasteiger partial charge in [-0.2, -0.15) is 8.78 Å². The van der Waals surface area contributed by atoms with Crippen molar-refractivity contribution in [1.29, 1.82) is 0 Å². The van der Waals surface area contributed by atoms with Gasteiger partial charge in [0.1, 0.15) is 0 Å². The summed E-state index contributed by atoms with van der Waals surface area (Å²) in [5, 5.41) is 6.20.